The highest BCUT2D eigenvalue weighted by molar-refractivity contribution is 6.29. The smallest absolute Gasteiger partial charge is 0.136 e. The summed E-state index contributed by atoms with van der Waals surface area (Å²) in [4.78, 5) is 0. The molecule has 0 atom stereocenters. The molecule has 8 aromatic rings. The standard InChI is InChI=1S/C46H40O/c1-25-27(3)31(7)42-40(29(25)5)45(35-20-13-12-19-34(35)33-17-10-9-11-18-33)41-30(6)26(2)28(4)32(8)43(41)46(42)37-22-16-24-39-44(37)36-21-14-15-23-38(36)47-39/h9-24H,1-8H3. The van der Waals surface area contributed by atoms with Crippen LogP contribution in [0.25, 0.3) is 76.9 Å². The monoisotopic (exact) mass is 608 g/mol. The van der Waals surface area contributed by atoms with Crippen LogP contribution in [0.15, 0.2) is 101 Å². The van der Waals surface area contributed by atoms with Crippen molar-refractivity contribution in [2.45, 2.75) is 55.4 Å². The highest BCUT2D eigenvalue weighted by Gasteiger charge is 2.28. The minimum absolute atomic E-state index is 0.928. The minimum atomic E-state index is 0.928. The van der Waals surface area contributed by atoms with Gasteiger partial charge < -0.3 is 4.42 Å². The van der Waals surface area contributed by atoms with Crippen LogP contribution in [0.5, 0.6) is 0 Å². The molecule has 0 amide bonds. The third-order valence-corrected chi connectivity index (χ3v) is 11.3. The Morgan fingerprint density at radius 1 is 0.319 bits per heavy atom. The van der Waals surface area contributed by atoms with Crippen LogP contribution in [-0.2, 0) is 0 Å². The van der Waals surface area contributed by atoms with Crippen LogP contribution >= 0.6 is 0 Å². The molecule has 1 aromatic heterocycles. The van der Waals surface area contributed by atoms with Crippen molar-refractivity contribution in [2.24, 2.45) is 0 Å². The number of furan rings is 1. The van der Waals surface area contributed by atoms with E-state index < -0.39 is 0 Å². The molecule has 0 aliphatic rings. The summed E-state index contributed by atoms with van der Waals surface area (Å²) in [5.41, 5.74) is 20.4. The zero-order valence-electron chi connectivity index (χ0n) is 28.6. The maximum Gasteiger partial charge on any atom is 0.136 e. The Kier molecular flexibility index (Phi) is 6.67. The number of benzene rings is 7. The Morgan fingerprint density at radius 2 is 0.745 bits per heavy atom. The second-order valence-corrected chi connectivity index (χ2v) is 13.4. The Hall–Kier alpha value is -5.14. The van der Waals surface area contributed by atoms with Crippen molar-refractivity contribution in [2.75, 3.05) is 0 Å². The largest absolute Gasteiger partial charge is 0.456 e. The number of aryl methyl sites for hydroxylation is 4. The van der Waals surface area contributed by atoms with Crippen molar-refractivity contribution in [1.82, 2.24) is 0 Å². The van der Waals surface area contributed by atoms with Gasteiger partial charge in [-0.1, -0.05) is 84.9 Å². The molecule has 0 radical (unpaired) electrons. The van der Waals surface area contributed by atoms with Gasteiger partial charge in [0.15, 0.2) is 0 Å². The molecule has 0 fully saturated rings. The topological polar surface area (TPSA) is 13.1 Å². The SMILES string of the molecule is Cc1c(C)c(C)c2c(-c3cccc4oc5ccccc5c34)c3c(C)c(C)c(C)c(C)c3c(-c3ccccc3-c3ccccc3)c2c1C. The van der Waals surface area contributed by atoms with E-state index in [9.17, 15) is 0 Å². The van der Waals surface area contributed by atoms with E-state index in [4.69, 9.17) is 4.42 Å². The molecular formula is C46H40O. The molecule has 0 bridgehead atoms. The molecule has 0 saturated carbocycles. The van der Waals surface area contributed by atoms with E-state index in [0.29, 0.717) is 0 Å². The molecule has 7 aromatic carbocycles. The normalized spacial score (nSPS) is 11.8. The van der Waals surface area contributed by atoms with E-state index in [-0.39, 0.29) is 0 Å². The third-order valence-electron chi connectivity index (χ3n) is 11.3. The number of hydrogen-bond donors (Lipinski definition) is 0. The summed E-state index contributed by atoms with van der Waals surface area (Å²) in [6, 6.07) is 35.0. The quantitative estimate of drug-likeness (QED) is 0.182. The molecule has 230 valence electrons. The first-order chi connectivity index (χ1) is 22.7. The predicted octanol–water partition coefficient (Wildman–Crippen LogP) is 13.4. The maximum atomic E-state index is 6.49. The highest BCUT2D eigenvalue weighted by atomic mass is 16.3. The van der Waals surface area contributed by atoms with Crippen LogP contribution in [0.2, 0.25) is 0 Å². The summed E-state index contributed by atoms with van der Waals surface area (Å²) >= 11 is 0. The van der Waals surface area contributed by atoms with Crippen molar-refractivity contribution in [3.63, 3.8) is 0 Å². The summed E-state index contributed by atoms with van der Waals surface area (Å²) in [5.74, 6) is 0. The van der Waals surface area contributed by atoms with E-state index in [1.165, 1.54) is 105 Å². The van der Waals surface area contributed by atoms with Crippen LogP contribution in [0.3, 0.4) is 0 Å². The molecule has 0 aliphatic carbocycles. The number of hydrogen-bond acceptors (Lipinski definition) is 1. The van der Waals surface area contributed by atoms with Crippen molar-refractivity contribution in [3.05, 3.63) is 142 Å². The van der Waals surface area contributed by atoms with Gasteiger partial charge in [0.1, 0.15) is 11.2 Å². The van der Waals surface area contributed by atoms with E-state index in [1.54, 1.807) is 0 Å². The second-order valence-electron chi connectivity index (χ2n) is 13.4. The maximum absolute atomic E-state index is 6.49. The van der Waals surface area contributed by atoms with E-state index >= 15 is 0 Å². The highest BCUT2D eigenvalue weighted by Crippen LogP contribution is 2.53. The first-order valence-electron chi connectivity index (χ1n) is 16.7. The molecule has 8 rings (SSSR count). The molecule has 47 heavy (non-hydrogen) atoms. The summed E-state index contributed by atoms with van der Waals surface area (Å²) in [6.45, 7) is 18.6. The summed E-state index contributed by atoms with van der Waals surface area (Å²) < 4.78 is 6.49. The second kappa shape index (κ2) is 10.7. The molecule has 1 heterocycles. The van der Waals surface area contributed by atoms with Gasteiger partial charge in [-0.3, -0.25) is 0 Å². The van der Waals surface area contributed by atoms with E-state index in [1.807, 2.05) is 0 Å². The Labute approximate surface area is 277 Å². The van der Waals surface area contributed by atoms with Gasteiger partial charge in [-0.15, -0.1) is 0 Å². The van der Waals surface area contributed by atoms with Gasteiger partial charge in [-0.2, -0.15) is 0 Å². The first kappa shape index (κ1) is 29.3. The summed E-state index contributed by atoms with van der Waals surface area (Å²) in [6.07, 6.45) is 0. The fourth-order valence-electron chi connectivity index (χ4n) is 8.22. The third kappa shape index (κ3) is 4.09. The Morgan fingerprint density at radius 3 is 1.32 bits per heavy atom. The van der Waals surface area contributed by atoms with Gasteiger partial charge in [0.25, 0.3) is 0 Å². The summed E-state index contributed by atoms with van der Waals surface area (Å²) in [7, 11) is 0. The molecule has 0 saturated heterocycles. The molecular weight excluding hydrogens is 569 g/mol. The molecule has 1 heteroatoms. The van der Waals surface area contributed by atoms with Gasteiger partial charge >= 0.3 is 0 Å². The molecule has 0 aliphatic heterocycles. The van der Waals surface area contributed by atoms with Crippen LogP contribution in [0, 0.1) is 55.4 Å². The Balaban J connectivity index is 1.72. The molecule has 0 unspecified atom stereocenters. The average Bonchev–Trinajstić information content (AvgIpc) is 3.49. The van der Waals surface area contributed by atoms with Crippen LogP contribution in [-0.4, -0.2) is 0 Å². The lowest BCUT2D eigenvalue weighted by molar-refractivity contribution is 0.669. The molecule has 0 spiro atoms. The van der Waals surface area contributed by atoms with Crippen molar-refractivity contribution in [1.29, 1.82) is 0 Å². The lowest BCUT2D eigenvalue weighted by Gasteiger charge is -2.28. The van der Waals surface area contributed by atoms with Gasteiger partial charge in [-0.05, 0) is 167 Å². The van der Waals surface area contributed by atoms with Crippen LogP contribution in [0.1, 0.15) is 44.5 Å². The zero-order valence-corrected chi connectivity index (χ0v) is 28.6. The van der Waals surface area contributed by atoms with Crippen LogP contribution in [0.4, 0.5) is 0 Å². The zero-order chi connectivity index (χ0) is 32.7. The number of fused-ring (bicyclic) bond motifs is 5. The fourth-order valence-corrected chi connectivity index (χ4v) is 8.22. The van der Waals surface area contributed by atoms with Crippen molar-refractivity contribution >= 4 is 43.5 Å². The number of para-hydroxylation sites is 1. The first-order valence-corrected chi connectivity index (χ1v) is 16.7. The number of rotatable bonds is 3. The Bertz CT molecular complexity index is 2500. The van der Waals surface area contributed by atoms with Gasteiger partial charge in [0, 0.05) is 10.8 Å². The lowest BCUT2D eigenvalue weighted by atomic mass is 9.75. The average molecular weight is 609 g/mol. The predicted molar refractivity (Wildman–Crippen MR) is 203 cm³/mol. The van der Waals surface area contributed by atoms with Gasteiger partial charge in [0.05, 0.1) is 0 Å². The van der Waals surface area contributed by atoms with E-state index in [2.05, 4.69) is 152 Å². The van der Waals surface area contributed by atoms with Gasteiger partial charge in [0.2, 0.25) is 0 Å². The lowest BCUT2D eigenvalue weighted by Crippen LogP contribution is -2.04. The van der Waals surface area contributed by atoms with Crippen molar-refractivity contribution < 1.29 is 4.42 Å². The summed E-state index contributed by atoms with van der Waals surface area (Å²) in [5, 5.41) is 7.75. The van der Waals surface area contributed by atoms with Crippen LogP contribution < -0.4 is 0 Å². The molecule has 0 N–H and O–H groups in total. The van der Waals surface area contributed by atoms with Crippen molar-refractivity contribution in [3.8, 4) is 33.4 Å². The molecule has 1 nitrogen and oxygen atoms in total. The van der Waals surface area contributed by atoms with Gasteiger partial charge in [-0.25, -0.2) is 0 Å². The van der Waals surface area contributed by atoms with E-state index in [0.717, 1.165) is 16.6 Å². The minimum Gasteiger partial charge on any atom is -0.456 e. The fraction of sp³-hybridized carbons (Fsp3) is 0.174.